The van der Waals surface area contributed by atoms with Crippen molar-refractivity contribution >= 4 is 29.5 Å². The molecule has 226 valence electrons. The summed E-state index contributed by atoms with van der Waals surface area (Å²) in [5.41, 5.74) is 6.57. The zero-order valence-corrected chi connectivity index (χ0v) is 23.7. The van der Waals surface area contributed by atoms with Crippen molar-refractivity contribution in [3.05, 3.63) is 23.8 Å². The predicted octanol–water partition coefficient (Wildman–Crippen LogP) is 2.92. The van der Waals surface area contributed by atoms with Crippen molar-refractivity contribution in [3.63, 3.8) is 0 Å². The lowest BCUT2D eigenvalue weighted by Crippen LogP contribution is -2.59. The third-order valence-corrected chi connectivity index (χ3v) is 6.47. The molecule has 1 aliphatic rings. The van der Waals surface area contributed by atoms with Crippen LogP contribution >= 0.6 is 11.6 Å². The van der Waals surface area contributed by atoms with Crippen LogP contribution in [0.3, 0.4) is 0 Å². The maximum atomic E-state index is 12.5. The standard InChI is InChI=1S/C27H40ClNO11/c1-4-7-21(32)37-20-14-36-27(25(39-23(34)9-6-3)24(20)38-22(33)8-5-2)40-26(35)17(29)13-16(28)15-10-11-18(30)19(31)12-15/h10-12,16-17,20,24-27,30-31,35H,4-9,13-14,29H2,1-3H3/t16?,17-,20+,24-,25+,26?,27?/m0/s1. The molecular formula is C27H40ClNO11. The Balaban J connectivity index is 2.23. The number of aliphatic hydroxyl groups is 1. The van der Waals surface area contributed by atoms with Crippen LogP contribution in [0.1, 0.15) is 76.7 Å². The molecule has 0 aromatic heterocycles. The van der Waals surface area contributed by atoms with Gasteiger partial charge in [-0.1, -0.05) is 26.8 Å². The Bertz CT molecular complexity index is 978. The quantitative estimate of drug-likeness (QED) is 0.0772. The second-order valence-corrected chi connectivity index (χ2v) is 10.1. The zero-order valence-electron chi connectivity index (χ0n) is 23.0. The van der Waals surface area contributed by atoms with Gasteiger partial charge in [-0.2, -0.15) is 0 Å². The Labute approximate surface area is 238 Å². The largest absolute Gasteiger partial charge is 0.504 e. The summed E-state index contributed by atoms with van der Waals surface area (Å²) in [7, 11) is 0. The number of aliphatic hydroxyl groups excluding tert-OH is 1. The summed E-state index contributed by atoms with van der Waals surface area (Å²) in [6.45, 7) is 5.10. The average molecular weight is 590 g/mol. The van der Waals surface area contributed by atoms with E-state index >= 15 is 0 Å². The van der Waals surface area contributed by atoms with E-state index in [1.54, 1.807) is 20.8 Å². The van der Waals surface area contributed by atoms with Crippen LogP contribution in [0, 0.1) is 0 Å². The van der Waals surface area contributed by atoms with Crippen molar-refractivity contribution in [2.75, 3.05) is 6.61 Å². The van der Waals surface area contributed by atoms with Gasteiger partial charge in [0.15, 0.2) is 36.1 Å². The first kappa shape index (κ1) is 33.6. The Hall–Kier alpha value is -2.64. The van der Waals surface area contributed by atoms with Gasteiger partial charge >= 0.3 is 17.9 Å². The maximum Gasteiger partial charge on any atom is 0.306 e. The Morgan fingerprint density at radius 2 is 1.50 bits per heavy atom. The number of rotatable bonds is 15. The number of carbonyl (C=O) groups is 3. The molecule has 0 radical (unpaired) electrons. The van der Waals surface area contributed by atoms with Gasteiger partial charge in [-0.25, -0.2) is 0 Å². The molecule has 12 nitrogen and oxygen atoms in total. The minimum atomic E-state index is -1.67. The van der Waals surface area contributed by atoms with E-state index in [2.05, 4.69) is 0 Å². The van der Waals surface area contributed by atoms with Gasteiger partial charge in [0.25, 0.3) is 0 Å². The normalized spacial score (nSPS) is 23.1. The third-order valence-electron chi connectivity index (χ3n) is 6.04. The topological polar surface area (TPSA) is 184 Å². The molecule has 1 saturated heterocycles. The predicted molar refractivity (Wildman–Crippen MR) is 142 cm³/mol. The molecule has 1 fully saturated rings. The van der Waals surface area contributed by atoms with Gasteiger partial charge < -0.3 is 44.7 Å². The zero-order chi connectivity index (χ0) is 29.8. The number of esters is 3. The number of hydrogen-bond acceptors (Lipinski definition) is 12. The molecular weight excluding hydrogens is 550 g/mol. The number of halogens is 1. The molecule has 2 rings (SSSR count). The van der Waals surface area contributed by atoms with Crippen molar-refractivity contribution in [1.29, 1.82) is 0 Å². The fourth-order valence-corrected chi connectivity index (χ4v) is 4.30. The van der Waals surface area contributed by atoms with Gasteiger partial charge in [0.2, 0.25) is 6.29 Å². The molecule has 0 aliphatic carbocycles. The highest BCUT2D eigenvalue weighted by molar-refractivity contribution is 6.20. The summed E-state index contributed by atoms with van der Waals surface area (Å²) < 4.78 is 28.0. The molecule has 5 N–H and O–H groups in total. The smallest absolute Gasteiger partial charge is 0.306 e. The van der Waals surface area contributed by atoms with Gasteiger partial charge in [-0.15, -0.1) is 11.6 Å². The first-order valence-electron chi connectivity index (χ1n) is 13.5. The summed E-state index contributed by atoms with van der Waals surface area (Å²) >= 11 is 6.40. The fourth-order valence-electron chi connectivity index (χ4n) is 3.96. The van der Waals surface area contributed by atoms with Gasteiger partial charge in [0, 0.05) is 19.3 Å². The molecule has 0 amide bonds. The first-order chi connectivity index (χ1) is 19.0. The van der Waals surface area contributed by atoms with Crippen LogP contribution < -0.4 is 5.73 Å². The molecule has 1 aromatic carbocycles. The number of carbonyl (C=O) groups excluding carboxylic acids is 3. The molecule has 1 heterocycles. The Morgan fingerprint density at radius 1 is 0.950 bits per heavy atom. The molecule has 40 heavy (non-hydrogen) atoms. The second kappa shape index (κ2) is 16.6. The summed E-state index contributed by atoms with van der Waals surface area (Å²) in [5.74, 6) is -2.44. The van der Waals surface area contributed by atoms with Crippen molar-refractivity contribution in [3.8, 4) is 11.5 Å². The fraction of sp³-hybridized carbons (Fsp3) is 0.667. The molecule has 3 unspecified atom stereocenters. The van der Waals surface area contributed by atoms with E-state index in [0.29, 0.717) is 24.8 Å². The van der Waals surface area contributed by atoms with Crippen molar-refractivity contribution < 1.29 is 53.4 Å². The first-order valence-corrected chi connectivity index (χ1v) is 13.9. The highest BCUT2D eigenvalue weighted by atomic mass is 35.5. The number of nitrogens with two attached hydrogens (primary N) is 1. The molecule has 0 saturated carbocycles. The van der Waals surface area contributed by atoms with E-state index in [1.165, 1.54) is 18.2 Å². The number of ether oxygens (including phenoxy) is 5. The summed E-state index contributed by atoms with van der Waals surface area (Å²) in [4.78, 5) is 37.2. The summed E-state index contributed by atoms with van der Waals surface area (Å²) in [6.07, 6.45) is -5.09. The number of phenols is 2. The molecule has 0 spiro atoms. The van der Waals surface area contributed by atoms with E-state index in [0.717, 1.165) is 0 Å². The highest BCUT2D eigenvalue weighted by Crippen LogP contribution is 2.33. The number of phenolic OH excluding ortho intramolecular Hbond substituents is 2. The number of benzene rings is 1. The van der Waals surface area contributed by atoms with Crippen LogP contribution in [-0.2, 0) is 38.1 Å². The third kappa shape index (κ3) is 10.1. The summed E-state index contributed by atoms with van der Waals surface area (Å²) in [6, 6.07) is 2.97. The number of hydrogen-bond donors (Lipinski definition) is 4. The van der Waals surface area contributed by atoms with Crippen molar-refractivity contribution in [2.24, 2.45) is 5.73 Å². The molecule has 13 heteroatoms. The lowest BCUT2D eigenvalue weighted by atomic mass is 10.0. The van der Waals surface area contributed by atoms with Crippen molar-refractivity contribution in [1.82, 2.24) is 0 Å². The van der Waals surface area contributed by atoms with Gasteiger partial charge in [-0.3, -0.25) is 14.4 Å². The average Bonchev–Trinajstić information content (AvgIpc) is 2.89. The van der Waals surface area contributed by atoms with Crippen LogP contribution in [0.5, 0.6) is 11.5 Å². The minimum absolute atomic E-state index is 0.0217. The molecule has 1 aromatic rings. The van der Waals surface area contributed by atoms with E-state index in [1.807, 2.05) is 0 Å². The lowest BCUT2D eigenvalue weighted by Gasteiger charge is -2.41. The van der Waals surface area contributed by atoms with Crippen molar-refractivity contribution in [2.45, 2.75) is 108 Å². The van der Waals surface area contributed by atoms with E-state index in [-0.39, 0.29) is 43.8 Å². The van der Waals surface area contributed by atoms with E-state index in [9.17, 15) is 29.7 Å². The highest BCUT2D eigenvalue weighted by Gasteiger charge is 2.49. The van der Waals surface area contributed by atoms with Crippen LogP contribution in [0.25, 0.3) is 0 Å². The van der Waals surface area contributed by atoms with E-state index in [4.69, 9.17) is 41.0 Å². The van der Waals surface area contributed by atoms with Crippen LogP contribution in [0.2, 0.25) is 0 Å². The molecule has 1 aliphatic heterocycles. The maximum absolute atomic E-state index is 12.5. The molecule has 0 bridgehead atoms. The Kier molecular flexibility index (Phi) is 13.9. The van der Waals surface area contributed by atoms with Gasteiger partial charge in [0.1, 0.15) is 0 Å². The van der Waals surface area contributed by atoms with Gasteiger partial charge in [-0.05, 0) is 43.4 Å². The summed E-state index contributed by atoms with van der Waals surface area (Å²) in [5, 5.41) is 29.2. The minimum Gasteiger partial charge on any atom is -0.504 e. The van der Waals surface area contributed by atoms with Crippen LogP contribution in [0.15, 0.2) is 18.2 Å². The van der Waals surface area contributed by atoms with Gasteiger partial charge in [0.05, 0.1) is 18.0 Å². The lowest BCUT2D eigenvalue weighted by molar-refractivity contribution is -0.316. The SMILES string of the molecule is CCCC(=O)O[C@H]1[C@H](OC(=O)CCC)COC(OC(O)[C@@H](N)CC(Cl)c2ccc(O)c(O)c2)[C@@H]1OC(=O)CCC. The van der Waals surface area contributed by atoms with E-state index < -0.39 is 60.2 Å². The molecule has 7 atom stereocenters. The van der Waals surface area contributed by atoms with Crippen LogP contribution in [-0.4, -0.2) is 76.8 Å². The number of alkyl halides is 1. The van der Waals surface area contributed by atoms with Crippen LogP contribution in [0.4, 0.5) is 0 Å². The monoisotopic (exact) mass is 589 g/mol. The Morgan fingerprint density at radius 3 is 2.05 bits per heavy atom. The number of aromatic hydroxyl groups is 2. The second-order valence-electron chi connectivity index (χ2n) is 9.53.